The van der Waals surface area contributed by atoms with Crippen molar-refractivity contribution in [3.8, 4) is 0 Å². The van der Waals surface area contributed by atoms with E-state index in [4.69, 9.17) is 0 Å². The molecule has 0 unspecified atom stereocenters. The van der Waals surface area contributed by atoms with Crippen molar-refractivity contribution < 1.29 is 9.90 Å². The minimum atomic E-state index is -0.861. The van der Waals surface area contributed by atoms with Gasteiger partial charge in [-0.15, -0.1) is 11.8 Å². The Balaban J connectivity index is 2.35. The third-order valence-corrected chi connectivity index (χ3v) is 4.13. The Morgan fingerprint density at radius 1 is 1.47 bits per heavy atom. The van der Waals surface area contributed by atoms with Crippen LogP contribution in [0.4, 0.5) is 5.69 Å². The Morgan fingerprint density at radius 2 is 2.18 bits per heavy atom. The van der Waals surface area contributed by atoms with Crippen LogP contribution in [0.25, 0.3) is 0 Å². The molecule has 0 atom stereocenters. The molecule has 1 aromatic carbocycles. The zero-order valence-electron chi connectivity index (χ0n) is 10.1. The second-order valence-electron chi connectivity index (χ2n) is 4.73. The lowest BCUT2D eigenvalue weighted by atomic mass is 9.78. The molecule has 1 aliphatic rings. The number of carboxylic acid groups (broad SMARTS) is 1. The van der Waals surface area contributed by atoms with E-state index in [-0.39, 0.29) is 5.54 Å². The number of hydrogen-bond donors (Lipinski definition) is 2. The van der Waals surface area contributed by atoms with Gasteiger partial charge >= 0.3 is 5.97 Å². The molecule has 0 radical (unpaired) electrons. The van der Waals surface area contributed by atoms with Crippen molar-refractivity contribution in [2.24, 2.45) is 0 Å². The second kappa shape index (κ2) is 4.61. The molecule has 1 aliphatic carbocycles. The van der Waals surface area contributed by atoms with Crippen molar-refractivity contribution in [2.75, 3.05) is 11.6 Å². The highest BCUT2D eigenvalue weighted by molar-refractivity contribution is 7.98. The summed E-state index contributed by atoms with van der Waals surface area (Å²) in [4.78, 5) is 12.2. The topological polar surface area (TPSA) is 49.3 Å². The van der Waals surface area contributed by atoms with Crippen LogP contribution in [0.1, 0.15) is 36.5 Å². The molecule has 0 heterocycles. The molecule has 0 amide bonds. The maximum atomic E-state index is 11.3. The Morgan fingerprint density at radius 3 is 2.65 bits per heavy atom. The molecular formula is C13H17NO2S. The highest BCUT2D eigenvalue weighted by atomic mass is 32.2. The maximum Gasteiger partial charge on any atom is 0.338 e. The minimum Gasteiger partial charge on any atom is -0.478 e. The number of thioether (sulfide) groups is 1. The van der Waals surface area contributed by atoms with E-state index in [0.29, 0.717) is 5.56 Å². The molecule has 0 bridgehead atoms. The summed E-state index contributed by atoms with van der Waals surface area (Å²) in [7, 11) is 0. The summed E-state index contributed by atoms with van der Waals surface area (Å²) in [5.41, 5.74) is 1.21. The van der Waals surface area contributed by atoms with Crippen LogP contribution in [0, 0.1) is 0 Å². The molecule has 0 aromatic heterocycles. The minimum absolute atomic E-state index is 0.0707. The number of aromatic carboxylic acids is 1. The van der Waals surface area contributed by atoms with Gasteiger partial charge in [-0.3, -0.25) is 0 Å². The maximum absolute atomic E-state index is 11.3. The van der Waals surface area contributed by atoms with Gasteiger partial charge in [0.05, 0.1) is 11.3 Å². The van der Waals surface area contributed by atoms with Crippen molar-refractivity contribution in [3.05, 3.63) is 23.8 Å². The molecule has 2 N–H and O–H groups in total. The first-order chi connectivity index (χ1) is 8.06. The second-order valence-corrected chi connectivity index (χ2v) is 5.58. The molecule has 2 rings (SSSR count). The number of hydrogen-bond acceptors (Lipinski definition) is 3. The van der Waals surface area contributed by atoms with Gasteiger partial charge in [-0.2, -0.15) is 0 Å². The quantitative estimate of drug-likeness (QED) is 0.805. The van der Waals surface area contributed by atoms with Gasteiger partial charge in [-0.05, 0) is 44.6 Å². The van der Waals surface area contributed by atoms with Crippen molar-refractivity contribution in [1.82, 2.24) is 0 Å². The summed E-state index contributed by atoms with van der Waals surface area (Å²) >= 11 is 1.47. The number of rotatable bonds is 4. The largest absolute Gasteiger partial charge is 0.478 e. The molecule has 3 nitrogen and oxygen atoms in total. The molecule has 17 heavy (non-hydrogen) atoms. The first-order valence-electron chi connectivity index (χ1n) is 5.74. The summed E-state index contributed by atoms with van der Waals surface area (Å²) in [6, 6.07) is 5.61. The number of nitrogens with one attached hydrogen (secondary N) is 1. The third-order valence-electron chi connectivity index (χ3n) is 3.35. The Kier molecular flexibility index (Phi) is 3.33. The van der Waals surface area contributed by atoms with Crippen molar-refractivity contribution in [3.63, 3.8) is 0 Å². The molecule has 0 saturated heterocycles. The monoisotopic (exact) mass is 251 g/mol. The molecule has 92 valence electrons. The highest BCUT2D eigenvalue weighted by Crippen LogP contribution is 2.37. The van der Waals surface area contributed by atoms with Crippen LogP contribution >= 0.6 is 11.8 Å². The van der Waals surface area contributed by atoms with Crippen LogP contribution in [0.15, 0.2) is 23.1 Å². The zero-order chi connectivity index (χ0) is 12.5. The van der Waals surface area contributed by atoms with Gasteiger partial charge in [0, 0.05) is 10.4 Å². The third kappa shape index (κ3) is 2.41. The Hall–Kier alpha value is -1.16. The van der Waals surface area contributed by atoms with Crippen LogP contribution in [0.2, 0.25) is 0 Å². The molecule has 4 heteroatoms. The fraction of sp³-hybridized carbons (Fsp3) is 0.462. The highest BCUT2D eigenvalue weighted by Gasteiger charge is 2.32. The number of anilines is 1. The zero-order valence-corrected chi connectivity index (χ0v) is 10.9. The van der Waals surface area contributed by atoms with Crippen LogP contribution in [-0.2, 0) is 0 Å². The lowest BCUT2D eigenvalue weighted by molar-refractivity contribution is 0.0694. The van der Waals surface area contributed by atoms with E-state index in [1.807, 2.05) is 24.5 Å². The predicted molar refractivity (Wildman–Crippen MR) is 71.1 cm³/mol. The summed E-state index contributed by atoms with van der Waals surface area (Å²) in [5, 5.41) is 12.7. The van der Waals surface area contributed by atoms with E-state index in [2.05, 4.69) is 12.2 Å². The molecular weight excluding hydrogens is 234 g/mol. The fourth-order valence-electron chi connectivity index (χ4n) is 2.18. The van der Waals surface area contributed by atoms with E-state index < -0.39 is 5.97 Å². The summed E-state index contributed by atoms with van der Waals surface area (Å²) in [5.74, 6) is -0.861. The fourth-order valence-corrected chi connectivity index (χ4v) is 2.80. The summed E-state index contributed by atoms with van der Waals surface area (Å²) < 4.78 is 0. The van der Waals surface area contributed by atoms with E-state index in [1.54, 1.807) is 0 Å². The van der Waals surface area contributed by atoms with Crippen molar-refractivity contribution in [2.45, 2.75) is 36.6 Å². The molecule has 0 spiro atoms. The van der Waals surface area contributed by atoms with Gasteiger partial charge in [0.25, 0.3) is 0 Å². The van der Waals surface area contributed by atoms with Crippen LogP contribution < -0.4 is 5.32 Å². The van der Waals surface area contributed by atoms with Crippen LogP contribution in [0.5, 0.6) is 0 Å². The van der Waals surface area contributed by atoms with Gasteiger partial charge in [-0.1, -0.05) is 6.07 Å². The number of carbonyl (C=O) groups is 1. The van der Waals surface area contributed by atoms with Gasteiger partial charge in [0.1, 0.15) is 0 Å². The smallest absolute Gasteiger partial charge is 0.338 e. The number of benzene rings is 1. The van der Waals surface area contributed by atoms with E-state index in [9.17, 15) is 9.90 Å². The van der Waals surface area contributed by atoms with Gasteiger partial charge < -0.3 is 10.4 Å². The lowest BCUT2D eigenvalue weighted by Crippen LogP contribution is -2.42. The van der Waals surface area contributed by atoms with Gasteiger partial charge in [0.2, 0.25) is 0 Å². The molecule has 1 aromatic rings. The standard InChI is InChI=1S/C13H17NO2S/c1-13(7-4-8-13)14-9-5-3-6-10(17-2)11(9)12(15)16/h3,5-6,14H,4,7-8H2,1-2H3,(H,15,16). The SMILES string of the molecule is CSc1cccc(NC2(C)CCC2)c1C(=O)O. The Bertz CT molecular complexity index is 441. The average molecular weight is 251 g/mol. The molecule has 1 fully saturated rings. The van der Waals surface area contributed by atoms with Gasteiger partial charge in [0.15, 0.2) is 0 Å². The van der Waals surface area contributed by atoms with Crippen LogP contribution in [0.3, 0.4) is 0 Å². The first-order valence-corrected chi connectivity index (χ1v) is 6.97. The van der Waals surface area contributed by atoms with E-state index >= 15 is 0 Å². The van der Waals surface area contributed by atoms with Gasteiger partial charge in [-0.25, -0.2) is 4.79 Å². The predicted octanol–water partition coefficient (Wildman–Crippen LogP) is 3.46. The number of carboxylic acids is 1. The molecule has 1 saturated carbocycles. The van der Waals surface area contributed by atoms with E-state index in [0.717, 1.165) is 23.4 Å². The Labute approximate surface area is 106 Å². The van der Waals surface area contributed by atoms with Crippen LogP contribution in [-0.4, -0.2) is 22.9 Å². The first kappa shape index (κ1) is 12.3. The summed E-state index contributed by atoms with van der Waals surface area (Å²) in [6.07, 6.45) is 5.33. The van der Waals surface area contributed by atoms with E-state index in [1.165, 1.54) is 18.2 Å². The van der Waals surface area contributed by atoms with Crippen molar-refractivity contribution in [1.29, 1.82) is 0 Å². The lowest BCUT2D eigenvalue weighted by Gasteiger charge is -2.40. The average Bonchev–Trinajstić information content (AvgIpc) is 2.26. The summed E-state index contributed by atoms with van der Waals surface area (Å²) in [6.45, 7) is 2.15. The molecule has 0 aliphatic heterocycles. The van der Waals surface area contributed by atoms with Crippen molar-refractivity contribution >= 4 is 23.4 Å². The normalized spacial score (nSPS) is 17.3.